The number of halogens is 2. The first-order valence-electron chi connectivity index (χ1n) is 8.84. The van der Waals surface area contributed by atoms with Crippen molar-refractivity contribution in [3.05, 3.63) is 57.6 Å². The quantitative estimate of drug-likeness (QED) is 0.611. The molecule has 1 saturated heterocycles. The number of hydrogen-bond donors (Lipinski definition) is 0. The molecule has 0 radical (unpaired) electrons. The Labute approximate surface area is 172 Å². The Morgan fingerprint density at radius 2 is 1.81 bits per heavy atom. The van der Waals surface area contributed by atoms with Crippen LogP contribution in [0.1, 0.15) is 11.1 Å². The zero-order valence-corrected chi connectivity index (χ0v) is 17.2. The Morgan fingerprint density at radius 1 is 1.07 bits per heavy atom. The van der Waals surface area contributed by atoms with Crippen LogP contribution in [0.4, 0.5) is 5.13 Å². The number of nitrogens with zero attached hydrogens (tertiary/aromatic N) is 3. The second-order valence-corrected chi connectivity index (χ2v) is 8.47. The van der Waals surface area contributed by atoms with Gasteiger partial charge in [0.25, 0.3) is 0 Å². The standard InChI is InChI=1S/C20H19Cl2N3OS/c1-13-6-7-16(22)19-18(13)23-20(27-19)25-10-8-24(9-11-25)17(26)12-14-4-2-3-5-15(14)21/h2-7H,8-12H2,1H3. The minimum absolute atomic E-state index is 0.117. The molecule has 2 heterocycles. The summed E-state index contributed by atoms with van der Waals surface area (Å²) < 4.78 is 1.03. The number of aryl methyl sites for hydroxylation is 1. The Bertz CT molecular complexity index is 957. The summed E-state index contributed by atoms with van der Waals surface area (Å²) in [6.45, 7) is 4.96. The zero-order valence-electron chi connectivity index (χ0n) is 14.9. The Hall–Kier alpha value is -1.82. The number of carbonyl (C=O) groups is 1. The second-order valence-electron chi connectivity index (χ2n) is 6.67. The summed E-state index contributed by atoms with van der Waals surface area (Å²) in [7, 11) is 0. The molecule has 1 fully saturated rings. The van der Waals surface area contributed by atoms with E-state index in [1.165, 1.54) is 0 Å². The van der Waals surface area contributed by atoms with Crippen LogP contribution < -0.4 is 4.90 Å². The molecule has 1 aliphatic rings. The fraction of sp³-hybridized carbons (Fsp3) is 0.300. The average molecular weight is 420 g/mol. The summed E-state index contributed by atoms with van der Waals surface area (Å²) in [6.07, 6.45) is 0.343. The van der Waals surface area contributed by atoms with Crippen LogP contribution in [0.15, 0.2) is 36.4 Å². The van der Waals surface area contributed by atoms with E-state index in [-0.39, 0.29) is 5.91 Å². The summed E-state index contributed by atoms with van der Waals surface area (Å²) in [5.41, 5.74) is 2.98. The van der Waals surface area contributed by atoms with Crippen LogP contribution in [-0.4, -0.2) is 42.0 Å². The third kappa shape index (κ3) is 3.77. The largest absolute Gasteiger partial charge is 0.345 e. The molecule has 0 atom stereocenters. The third-order valence-corrected chi connectivity index (χ3v) is 6.83. The predicted molar refractivity (Wildman–Crippen MR) is 113 cm³/mol. The molecular formula is C20H19Cl2N3OS. The molecule has 0 unspecified atom stereocenters. The van der Waals surface area contributed by atoms with Gasteiger partial charge in [0, 0.05) is 31.2 Å². The molecule has 3 aromatic rings. The molecule has 4 rings (SSSR count). The van der Waals surface area contributed by atoms with E-state index in [1.807, 2.05) is 48.2 Å². The normalized spacial score (nSPS) is 14.8. The average Bonchev–Trinajstić information content (AvgIpc) is 3.13. The predicted octanol–water partition coefficient (Wildman–Crippen LogP) is 4.80. The van der Waals surface area contributed by atoms with Crippen LogP contribution in [-0.2, 0) is 11.2 Å². The van der Waals surface area contributed by atoms with E-state index in [4.69, 9.17) is 28.2 Å². The first-order chi connectivity index (χ1) is 13.0. The minimum atomic E-state index is 0.117. The lowest BCUT2D eigenvalue weighted by Gasteiger charge is -2.34. The molecule has 0 spiro atoms. The van der Waals surface area contributed by atoms with E-state index in [1.54, 1.807) is 11.3 Å². The fourth-order valence-electron chi connectivity index (χ4n) is 3.29. The van der Waals surface area contributed by atoms with E-state index >= 15 is 0 Å². The van der Waals surface area contributed by atoms with Crippen LogP contribution in [0.3, 0.4) is 0 Å². The lowest BCUT2D eigenvalue weighted by molar-refractivity contribution is -0.130. The van der Waals surface area contributed by atoms with E-state index < -0.39 is 0 Å². The molecule has 7 heteroatoms. The smallest absolute Gasteiger partial charge is 0.227 e. The molecule has 4 nitrogen and oxygen atoms in total. The van der Waals surface area contributed by atoms with E-state index in [2.05, 4.69) is 4.90 Å². The van der Waals surface area contributed by atoms with Crippen molar-refractivity contribution in [2.45, 2.75) is 13.3 Å². The molecule has 1 aliphatic heterocycles. The summed E-state index contributed by atoms with van der Waals surface area (Å²) in [5, 5.41) is 2.36. The number of benzene rings is 2. The van der Waals surface area contributed by atoms with Crippen LogP contribution in [0, 0.1) is 6.92 Å². The van der Waals surface area contributed by atoms with Gasteiger partial charge in [0.15, 0.2) is 5.13 Å². The van der Waals surface area contributed by atoms with Crippen molar-refractivity contribution < 1.29 is 4.79 Å². The van der Waals surface area contributed by atoms with Crippen molar-refractivity contribution in [1.29, 1.82) is 0 Å². The van der Waals surface area contributed by atoms with Gasteiger partial charge >= 0.3 is 0 Å². The maximum atomic E-state index is 12.6. The highest BCUT2D eigenvalue weighted by Gasteiger charge is 2.24. The molecule has 0 N–H and O–H groups in total. The number of aromatic nitrogens is 1. The number of carbonyl (C=O) groups excluding carboxylic acids is 1. The lowest BCUT2D eigenvalue weighted by Crippen LogP contribution is -2.49. The highest BCUT2D eigenvalue weighted by atomic mass is 35.5. The number of rotatable bonds is 3. The molecule has 0 saturated carbocycles. The van der Waals surface area contributed by atoms with Crippen molar-refractivity contribution in [2.75, 3.05) is 31.1 Å². The first kappa shape index (κ1) is 18.5. The van der Waals surface area contributed by atoms with Gasteiger partial charge in [0.1, 0.15) is 0 Å². The van der Waals surface area contributed by atoms with Crippen LogP contribution in [0.25, 0.3) is 10.2 Å². The highest BCUT2D eigenvalue weighted by Crippen LogP contribution is 2.35. The molecular weight excluding hydrogens is 401 g/mol. The molecule has 2 aromatic carbocycles. The van der Waals surface area contributed by atoms with Crippen molar-refractivity contribution in [1.82, 2.24) is 9.88 Å². The molecule has 140 valence electrons. The first-order valence-corrected chi connectivity index (χ1v) is 10.4. The van der Waals surface area contributed by atoms with Crippen molar-refractivity contribution in [3.8, 4) is 0 Å². The van der Waals surface area contributed by atoms with E-state index in [9.17, 15) is 4.79 Å². The summed E-state index contributed by atoms with van der Waals surface area (Å²) >= 11 is 14.1. The number of anilines is 1. The van der Waals surface area contributed by atoms with Gasteiger partial charge in [-0.05, 0) is 30.2 Å². The minimum Gasteiger partial charge on any atom is -0.345 e. The van der Waals surface area contributed by atoms with Gasteiger partial charge in [-0.25, -0.2) is 4.98 Å². The van der Waals surface area contributed by atoms with Gasteiger partial charge in [0.2, 0.25) is 5.91 Å². The van der Waals surface area contributed by atoms with Crippen molar-refractivity contribution in [2.24, 2.45) is 0 Å². The Balaban J connectivity index is 1.43. The third-order valence-electron chi connectivity index (χ3n) is 4.89. The second kappa shape index (κ2) is 7.66. The molecule has 0 bridgehead atoms. The Kier molecular flexibility index (Phi) is 5.26. The fourth-order valence-corrected chi connectivity index (χ4v) is 4.86. The van der Waals surface area contributed by atoms with E-state index in [0.717, 1.165) is 44.6 Å². The summed E-state index contributed by atoms with van der Waals surface area (Å²) in [5.74, 6) is 0.117. The molecule has 0 aliphatic carbocycles. The highest BCUT2D eigenvalue weighted by molar-refractivity contribution is 7.22. The topological polar surface area (TPSA) is 36.4 Å². The van der Waals surface area contributed by atoms with Crippen LogP contribution in [0.5, 0.6) is 0 Å². The van der Waals surface area contributed by atoms with Gasteiger partial charge in [0.05, 0.1) is 21.7 Å². The molecule has 27 heavy (non-hydrogen) atoms. The molecule has 1 aromatic heterocycles. The SMILES string of the molecule is Cc1ccc(Cl)c2sc(N3CCN(C(=O)Cc4ccccc4Cl)CC3)nc12. The van der Waals surface area contributed by atoms with Gasteiger partial charge in [-0.1, -0.05) is 58.8 Å². The zero-order chi connectivity index (χ0) is 19.0. The lowest BCUT2D eigenvalue weighted by atomic mass is 10.1. The summed E-state index contributed by atoms with van der Waals surface area (Å²) in [4.78, 5) is 21.5. The number of thiazole rings is 1. The number of piperazine rings is 1. The monoisotopic (exact) mass is 419 g/mol. The number of hydrogen-bond acceptors (Lipinski definition) is 4. The number of fused-ring (bicyclic) bond motifs is 1. The van der Waals surface area contributed by atoms with Crippen LogP contribution in [0.2, 0.25) is 10.0 Å². The van der Waals surface area contributed by atoms with Crippen molar-refractivity contribution >= 4 is 55.8 Å². The van der Waals surface area contributed by atoms with E-state index in [0.29, 0.717) is 24.5 Å². The summed E-state index contributed by atoms with van der Waals surface area (Å²) in [6, 6.07) is 11.4. The maximum Gasteiger partial charge on any atom is 0.227 e. The van der Waals surface area contributed by atoms with Crippen LogP contribution >= 0.6 is 34.5 Å². The van der Waals surface area contributed by atoms with Crippen molar-refractivity contribution in [3.63, 3.8) is 0 Å². The maximum absolute atomic E-state index is 12.6. The molecule has 1 amide bonds. The number of amides is 1. The van der Waals surface area contributed by atoms with Gasteiger partial charge in [-0.3, -0.25) is 4.79 Å². The Morgan fingerprint density at radius 3 is 2.52 bits per heavy atom. The van der Waals surface area contributed by atoms with Gasteiger partial charge in [-0.2, -0.15) is 0 Å². The van der Waals surface area contributed by atoms with Gasteiger partial charge < -0.3 is 9.80 Å². The van der Waals surface area contributed by atoms with Gasteiger partial charge in [-0.15, -0.1) is 0 Å².